The number of aromatic nitrogens is 4. The molecule has 0 saturated carbocycles. The van der Waals surface area contributed by atoms with Crippen LogP contribution in [0.4, 0.5) is 18.9 Å². The highest BCUT2D eigenvalue weighted by molar-refractivity contribution is 6.03. The van der Waals surface area contributed by atoms with E-state index in [2.05, 4.69) is 20.3 Å². The van der Waals surface area contributed by atoms with Crippen molar-refractivity contribution in [3.63, 3.8) is 0 Å². The fourth-order valence-electron chi connectivity index (χ4n) is 2.50. The summed E-state index contributed by atoms with van der Waals surface area (Å²) in [6.45, 7) is 0.926. The molecule has 0 unspecified atom stereocenters. The Morgan fingerprint density at radius 1 is 1.22 bits per heavy atom. The summed E-state index contributed by atoms with van der Waals surface area (Å²) >= 11 is 0. The second-order valence-electron chi connectivity index (χ2n) is 5.78. The summed E-state index contributed by atoms with van der Waals surface area (Å²) in [5, 5.41) is 10.8. The molecule has 10 heteroatoms. The molecule has 7 nitrogen and oxygen atoms in total. The first kappa shape index (κ1) is 18.5. The Morgan fingerprint density at radius 2 is 2.00 bits per heavy atom. The SMILES string of the molecule is Cc1cc(C)n(Cn2ccc(C(=O)Nc3ccc(F)cc3OC(F)F)n2)n1. The average Bonchev–Trinajstić information content (AvgIpc) is 3.16. The Labute approximate surface area is 152 Å². The number of nitrogens with zero attached hydrogens (tertiary/aromatic N) is 4. The zero-order valence-corrected chi connectivity index (χ0v) is 14.5. The number of ether oxygens (including phenoxy) is 1. The minimum atomic E-state index is -3.15. The molecular weight excluding hydrogens is 363 g/mol. The summed E-state index contributed by atoms with van der Waals surface area (Å²) in [4.78, 5) is 12.3. The lowest BCUT2D eigenvalue weighted by molar-refractivity contribution is -0.0495. The van der Waals surface area contributed by atoms with Crippen molar-refractivity contribution in [3.8, 4) is 5.75 Å². The molecule has 0 atom stereocenters. The Balaban J connectivity index is 1.74. The molecule has 1 amide bonds. The van der Waals surface area contributed by atoms with Gasteiger partial charge in [-0.3, -0.25) is 9.48 Å². The van der Waals surface area contributed by atoms with E-state index in [1.807, 2.05) is 19.9 Å². The van der Waals surface area contributed by atoms with Crippen LogP contribution in [0.3, 0.4) is 0 Å². The number of anilines is 1. The predicted molar refractivity (Wildman–Crippen MR) is 90.3 cm³/mol. The molecule has 0 radical (unpaired) electrons. The second kappa shape index (κ2) is 7.52. The molecule has 0 aliphatic heterocycles. The Kier molecular flexibility index (Phi) is 5.15. The van der Waals surface area contributed by atoms with Gasteiger partial charge in [0, 0.05) is 18.0 Å². The number of carbonyl (C=O) groups excluding carboxylic acids is 1. The van der Waals surface area contributed by atoms with Gasteiger partial charge in [0.1, 0.15) is 12.5 Å². The van der Waals surface area contributed by atoms with Gasteiger partial charge in [-0.1, -0.05) is 0 Å². The molecule has 27 heavy (non-hydrogen) atoms. The summed E-state index contributed by atoms with van der Waals surface area (Å²) in [7, 11) is 0. The van der Waals surface area contributed by atoms with Crippen LogP contribution in [0.5, 0.6) is 5.75 Å². The number of hydrogen-bond acceptors (Lipinski definition) is 4. The van der Waals surface area contributed by atoms with Crippen molar-refractivity contribution < 1.29 is 22.7 Å². The highest BCUT2D eigenvalue weighted by atomic mass is 19.3. The maximum Gasteiger partial charge on any atom is 0.387 e. The first-order valence-corrected chi connectivity index (χ1v) is 7.92. The van der Waals surface area contributed by atoms with E-state index in [1.165, 1.54) is 10.7 Å². The van der Waals surface area contributed by atoms with E-state index in [-0.39, 0.29) is 11.4 Å². The Morgan fingerprint density at radius 3 is 2.67 bits per heavy atom. The summed E-state index contributed by atoms with van der Waals surface area (Å²) in [5.41, 5.74) is 1.77. The lowest BCUT2D eigenvalue weighted by Gasteiger charge is -2.11. The number of benzene rings is 1. The largest absolute Gasteiger partial charge is 0.432 e. The molecular formula is C17H16F3N5O2. The molecule has 0 spiro atoms. The third kappa shape index (κ3) is 4.46. The molecule has 0 aliphatic carbocycles. The average molecular weight is 379 g/mol. The van der Waals surface area contributed by atoms with Crippen molar-refractivity contribution in [2.45, 2.75) is 27.1 Å². The molecule has 2 heterocycles. The summed E-state index contributed by atoms with van der Waals surface area (Å²) in [6.07, 6.45) is 1.59. The van der Waals surface area contributed by atoms with Gasteiger partial charge in [-0.15, -0.1) is 0 Å². The van der Waals surface area contributed by atoms with E-state index >= 15 is 0 Å². The number of amides is 1. The zero-order valence-electron chi connectivity index (χ0n) is 14.5. The van der Waals surface area contributed by atoms with Gasteiger partial charge in [-0.2, -0.15) is 19.0 Å². The monoisotopic (exact) mass is 379 g/mol. The topological polar surface area (TPSA) is 74.0 Å². The van der Waals surface area contributed by atoms with Crippen LogP contribution in [-0.2, 0) is 6.67 Å². The highest BCUT2D eigenvalue weighted by Crippen LogP contribution is 2.27. The maximum atomic E-state index is 13.2. The third-order valence-corrected chi connectivity index (χ3v) is 3.66. The van der Waals surface area contributed by atoms with Crippen molar-refractivity contribution in [1.29, 1.82) is 0 Å². The van der Waals surface area contributed by atoms with Gasteiger partial charge >= 0.3 is 6.61 Å². The van der Waals surface area contributed by atoms with E-state index in [0.717, 1.165) is 29.6 Å². The molecule has 0 bridgehead atoms. The van der Waals surface area contributed by atoms with Crippen molar-refractivity contribution in [2.75, 3.05) is 5.32 Å². The standard InChI is InChI=1S/C17H16F3N5O2/c1-10-7-11(2)25(22-10)9-24-6-5-14(23-24)16(26)21-13-4-3-12(18)8-15(13)27-17(19)20/h3-8,17H,9H2,1-2H3,(H,21,26). The smallest absolute Gasteiger partial charge is 0.387 e. The van der Waals surface area contributed by atoms with E-state index < -0.39 is 24.1 Å². The number of nitrogens with one attached hydrogen (secondary N) is 1. The van der Waals surface area contributed by atoms with Crippen molar-refractivity contribution >= 4 is 11.6 Å². The number of hydrogen-bond donors (Lipinski definition) is 1. The minimum absolute atomic E-state index is 0.0591. The summed E-state index contributed by atoms with van der Waals surface area (Å²) < 4.78 is 45.6. The predicted octanol–water partition coefficient (Wildman–Crippen LogP) is 3.20. The summed E-state index contributed by atoms with van der Waals surface area (Å²) in [5.74, 6) is -1.88. The van der Waals surface area contributed by atoms with Crippen LogP contribution < -0.4 is 10.1 Å². The second-order valence-corrected chi connectivity index (χ2v) is 5.78. The molecule has 0 aliphatic rings. The van der Waals surface area contributed by atoms with E-state index in [9.17, 15) is 18.0 Å². The minimum Gasteiger partial charge on any atom is -0.432 e. The third-order valence-electron chi connectivity index (χ3n) is 3.66. The van der Waals surface area contributed by atoms with Gasteiger partial charge in [0.25, 0.3) is 5.91 Å². The fourth-order valence-corrected chi connectivity index (χ4v) is 2.50. The maximum absolute atomic E-state index is 13.2. The van der Waals surface area contributed by atoms with Crippen molar-refractivity contribution in [2.24, 2.45) is 0 Å². The van der Waals surface area contributed by atoms with Crippen LogP contribution in [0.2, 0.25) is 0 Å². The van der Waals surface area contributed by atoms with Crippen LogP contribution >= 0.6 is 0 Å². The Hall–Kier alpha value is -3.30. The van der Waals surface area contributed by atoms with Crippen LogP contribution in [0.1, 0.15) is 21.9 Å². The lowest BCUT2D eigenvalue weighted by Crippen LogP contribution is -2.16. The molecule has 142 valence electrons. The van der Waals surface area contributed by atoms with Crippen LogP contribution in [-0.4, -0.2) is 32.1 Å². The first-order valence-electron chi connectivity index (χ1n) is 7.92. The van der Waals surface area contributed by atoms with Gasteiger partial charge < -0.3 is 10.1 Å². The molecule has 0 fully saturated rings. The molecule has 2 aromatic heterocycles. The molecule has 1 N–H and O–H groups in total. The van der Waals surface area contributed by atoms with Gasteiger partial charge in [0.05, 0.1) is 11.4 Å². The molecule has 3 rings (SSSR count). The van der Waals surface area contributed by atoms with Crippen LogP contribution in [0.25, 0.3) is 0 Å². The fraction of sp³-hybridized carbons (Fsp3) is 0.235. The van der Waals surface area contributed by atoms with Gasteiger partial charge in [-0.25, -0.2) is 9.07 Å². The quantitative estimate of drug-likeness (QED) is 0.714. The highest BCUT2D eigenvalue weighted by Gasteiger charge is 2.16. The zero-order chi connectivity index (χ0) is 19.6. The number of aryl methyl sites for hydroxylation is 2. The van der Waals surface area contributed by atoms with Gasteiger partial charge in [0.15, 0.2) is 11.4 Å². The molecule has 0 saturated heterocycles. The van der Waals surface area contributed by atoms with Crippen molar-refractivity contribution in [1.82, 2.24) is 19.6 Å². The molecule has 3 aromatic rings. The van der Waals surface area contributed by atoms with Gasteiger partial charge in [-0.05, 0) is 38.1 Å². The number of halogens is 3. The number of rotatable bonds is 6. The van der Waals surface area contributed by atoms with Crippen LogP contribution in [0.15, 0.2) is 36.5 Å². The number of alkyl halides is 2. The Bertz CT molecular complexity index is 967. The first-order chi connectivity index (χ1) is 12.8. The summed E-state index contributed by atoms with van der Waals surface area (Å²) in [6, 6.07) is 6.31. The van der Waals surface area contributed by atoms with E-state index in [1.54, 1.807) is 10.9 Å². The normalized spacial score (nSPS) is 11.0. The molecule has 1 aromatic carbocycles. The van der Waals surface area contributed by atoms with Crippen molar-refractivity contribution in [3.05, 3.63) is 59.4 Å². The number of carbonyl (C=O) groups is 1. The van der Waals surface area contributed by atoms with Gasteiger partial charge in [0.2, 0.25) is 0 Å². The lowest BCUT2D eigenvalue weighted by atomic mass is 10.2. The van der Waals surface area contributed by atoms with Crippen LogP contribution in [0, 0.1) is 19.7 Å². The van der Waals surface area contributed by atoms with E-state index in [0.29, 0.717) is 6.67 Å². The van der Waals surface area contributed by atoms with E-state index in [4.69, 9.17) is 0 Å².